The van der Waals surface area contributed by atoms with E-state index in [-0.39, 0.29) is 6.17 Å². The molecule has 2 aromatic carbocycles. The molecular formula is C29H30F2N4. The number of hydrogen-bond acceptors (Lipinski definition) is 3. The number of aromatic nitrogens is 1. The molecule has 35 heavy (non-hydrogen) atoms. The highest BCUT2D eigenvalue weighted by Crippen LogP contribution is 2.42. The van der Waals surface area contributed by atoms with Gasteiger partial charge in [0.1, 0.15) is 23.6 Å². The van der Waals surface area contributed by atoms with Crippen LogP contribution < -0.4 is 10.6 Å². The number of halogens is 2. The summed E-state index contributed by atoms with van der Waals surface area (Å²) in [7, 11) is 0. The van der Waals surface area contributed by atoms with Gasteiger partial charge in [0, 0.05) is 35.0 Å². The van der Waals surface area contributed by atoms with Crippen LogP contribution in [0.15, 0.2) is 53.7 Å². The maximum Gasteiger partial charge on any atom is 0.150 e. The van der Waals surface area contributed by atoms with E-state index in [0.717, 1.165) is 23.2 Å². The SMILES string of the molecule is Fc1cc(F)c2[nH]cc(C3=NC(NC4CC5CCC4CC5)C=C(c4ccc(C5CC5)cc4)N3)c2c1. The summed E-state index contributed by atoms with van der Waals surface area (Å²) in [6.07, 6.45) is 12.7. The van der Waals surface area contributed by atoms with E-state index in [9.17, 15) is 8.78 Å². The van der Waals surface area contributed by atoms with Gasteiger partial charge in [-0.3, -0.25) is 5.32 Å². The molecule has 3 aromatic rings. The van der Waals surface area contributed by atoms with Crippen LogP contribution in [0.1, 0.15) is 67.6 Å². The summed E-state index contributed by atoms with van der Waals surface area (Å²) in [5.41, 5.74) is 4.44. The minimum Gasteiger partial charge on any atom is -0.358 e. The fourth-order valence-corrected chi connectivity index (χ4v) is 6.43. The van der Waals surface area contributed by atoms with Crippen molar-refractivity contribution in [2.45, 2.75) is 63.1 Å². The van der Waals surface area contributed by atoms with Gasteiger partial charge in [-0.15, -0.1) is 0 Å². The van der Waals surface area contributed by atoms with Crippen molar-refractivity contribution in [1.29, 1.82) is 0 Å². The molecule has 2 unspecified atom stereocenters. The lowest BCUT2D eigenvalue weighted by Gasteiger charge is -2.43. The van der Waals surface area contributed by atoms with Gasteiger partial charge in [0.2, 0.25) is 0 Å². The van der Waals surface area contributed by atoms with Crippen molar-refractivity contribution in [2.24, 2.45) is 16.8 Å². The molecule has 4 aliphatic carbocycles. The van der Waals surface area contributed by atoms with Crippen LogP contribution in [0.2, 0.25) is 0 Å². The Morgan fingerprint density at radius 1 is 0.943 bits per heavy atom. The van der Waals surface area contributed by atoms with Crippen molar-refractivity contribution >= 4 is 22.4 Å². The highest BCUT2D eigenvalue weighted by Gasteiger charge is 2.36. The first-order valence-electron chi connectivity index (χ1n) is 13.0. The van der Waals surface area contributed by atoms with Gasteiger partial charge in [0.25, 0.3) is 0 Å². The van der Waals surface area contributed by atoms with E-state index >= 15 is 0 Å². The Labute approximate surface area is 203 Å². The Hall–Kier alpha value is -2.99. The summed E-state index contributed by atoms with van der Waals surface area (Å²) < 4.78 is 28.5. The van der Waals surface area contributed by atoms with Crippen molar-refractivity contribution in [3.63, 3.8) is 0 Å². The molecule has 2 atom stereocenters. The van der Waals surface area contributed by atoms with Crippen LogP contribution in [-0.4, -0.2) is 23.0 Å². The summed E-state index contributed by atoms with van der Waals surface area (Å²) in [5, 5.41) is 7.80. The number of fused-ring (bicyclic) bond motifs is 4. The first-order chi connectivity index (χ1) is 17.1. The van der Waals surface area contributed by atoms with Gasteiger partial charge in [-0.25, -0.2) is 13.8 Å². The highest BCUT2D eigenvalue weighted by molar-refractivity contribution is 6.13. The van der Waals surface area contributed by atoms with E-state index in [1.165, 1.54) is 56.6 Å². The second-order valence-corrected chi connectivity index (χ2v) is 10.8. The van der Waals surface area contributed by atoms with Crippen molar-refractivity contribution in [1.82, 2.24) is 15.6 Å². The zero-order valence-electron chi connectivity index (χ0n) is 19.7. The number of aromatic amines is 1. The van der Waals surface area contributed by atoms with Crippen molar-refractivity contribution in [3.05, 3.63) is 77.0 Å². The standard InChI is InChI=1S/C29H30F2N4/c30-21-12-22-23(15-32-28(22)24(31)13-21)29-34-26(20-9-7-18(8-10-20)17-5-6-17)14-27(35-29)33-25-11-16-1-3-19(25)4-2-16/h7-10,12-17,19,25,27,32-33H,1-6,11H2,(H,34,35). The average Bonchev–Trinajstić information content (AvgIpc) is 3.64. The summed E-state index contributed by atoms with van der Waals surface area (Å²) in [5.74, 6) is 1.68. The molecule has 4 nitrogen and oxygen atoms in total. The molecule has 1 aromatic heterocycles. The molecular weight excluding hydrogens is 442 g/mol. The van der Waals surface area contributed by atoms with Gasteiger partial charge in [-0.2, -0.15) is 0 Å². The van der Waals surface area contributed by atoms with Gasteiger partial charge in [0.05, 0.1) is 5.52 Å². The smallest absolute Gasteiger partial charge is 0.150 e. The Morgan fingerprint density at radius 2 is 1.74 bits per heavy atom. The molecule has 8 rings (SSSR count). The molecule has 2 bridgehead atoms. The fraction of sp³-hybridized carbons (Fsp3) is 0.414. The maximum atomic E-state index is 14.4. The Balaban J connectivity index is 1.25. The molecule has 0 radical (unpaired) electrons. The van der Waals surface area contributed by atoms with Crippen LogP contribution in [-0.2, 0) is 0 Å². The predicted octanol–water partition coefficient (Wildman–Crippen LogP) is 6.21. The third kappa shape index (κ3) is 3.98. The van der Waals surface area contributed by atoms with Crippen LogP contribution >= 0.6 is 0 Å². The zero-order chi connectivity index (χ0) is 23.5. The van der Waals surface area contributed by atoms with Gasteiger partial charge in [0.15, 0.2) is 0 Å². The lowest BCUT2D eigenvalue weighted by molar-refractivity contribution is 0.120. The Kier molecular flexibility index (Phi) is 5.05. The first-order valence-corrected chi connectivity index (χ1v) is 13.0. The third-order valence-electron chi connectivity index (χ3n) is 8.51. The minimum absolute atomic E-state index is 0.197. The summed E-state index contributed by atoms with van der Waals surface area (Å²) in [4.78, 5) is 7.97. The molecule has 180 valence electrons. The quantitative estimate of drug-likeness (QED) is 0.414. The van der Waals surface area contributed by atoms with Crippen LogP contribution in [0.25, 0.3) is 16.6 Å². The molecule has 0 spiro atoms. The normalized spacial score (nSPS) is 28.1. The fourth-order valence-electron chi connectivity index (χ4n) is 6.43. The Morgan fingerprint density at radius 3 is 2.46 bits per heavy atom. The topological polar surface area (TPSA) is 52.2 Å². The van der Waals surface area contributed by atoms with Crippen LogP contribution in [0, 0.1) is 23.5 Å². The molecule has 1 aliphatic heterocycles. The predicted molar refractivity (Wildman–Crippen MR) is 135 cm³/mol. The third-order valence-corrected chi connectivity index (χ3v) is 8.51. The number of amidine groups is 1. The maximum absolute atomic E-state index is 14.4. The van der Waals surface area contributed by atoms with Crippen molar-refractivity contribution in [3.8, 4) is 0 Å². The van der Waals surface area contributed by atoms with Crippen molar-refractivity contribution in [2.75, 3.05) is 0 Å². The van der Waals surface area contributed by atoms with Crippen LogP contribution in [0.5, 0.6) is 0 Å². The second kappa shape index (κ2) is 8.30. The summed E-state index contributed by atoms with van der Waals surface area (Å²) in [6, 6.07) is 11.5. The molecule has 2 heterocycles. The van der Waals surface area contributed by atoms with Gasteiger partial charge in [-0.05, 0) is 73.1 Å². The van der Waals surface area contributed by atoms with Gasteiger partial charge >= 0.3 is 0 Å². The van der Waals surface area contributed by atoms with E-state index in [4.69, 9.17) is 4.99 Å². The zero-order valence-corrected chi connectivity index (χ0v) is 19.7. The first kappa shape index (κ1) is 21.3. The monoisotopic (exact) mass is 472 g/mol. The van der Waals surface area contributed by atoms with E-state index in [1.54, 1.807) is 6.20 Å². The molecule has 5 aliphatic rings. The van der Waals surface area contributed by atoms with E-state index in [2.05, 4.69) is 46.0 Å². The summed E-state index contributed by atoms with van der Waals surface area (Å²) in [6.45, 7) is 0. The largest absolute Gasteiger partial charge is 0.358 e. The number of rotatable bonds is 5. The molecule has 6 heteroatoms. The molecule has 0 amide bonds. The second-order valence-electron chi connectivity index (χ2n) is 10.8. The van der Waals surface area contributed by atoms with E-state index in [0.29, 0.717) is 40.2 Å². The number of H-pyrrole nitrogens is 1. The van der Waals surface area contributed by atoms with Crippen LogP contribution in [0.3, 0.4) is 0 Å². The summed E-state index contributed by atoms with van der Waals surface area (Å²) >= 11 is 0. The van der Waals surface area contributed by atoms with E-state index in [1.807, 2.05) is 0 Å². The minimum atomic E-state index is -0.595. The molecule has 4 saturated carbocycles. The number of nitrogens with zero attached hydrogens (tertiary/aromatic N) is 1. The van der Waals surface area contributed by atoms with E-state index < -0.39 is 11.6 Å². The van der Waals surface area contributed by atoms with Gasteiger partial charge in [-0.1, -0.05) is 37.1 Å². The molecule has 0 saturated heterocycles. The average molecular weight is 473 g/mol. The van der Waals surface area contributed by atoms with Gasteiger partial charge < -0.3 is 10.3 Å². The highest BCUT2D eigenvalue weighted by atomic mass is 19.1. The molecule has 3 N–H and O–H groups in total. The lowest BCUT2D eigenvalue weighted by atomic mass is 9.68. The number of aliphatic imine (C=N–C) groups is 1. The lowest BCUT2D eigenvalue weighted by Crippen LogP contribution is -2.49. The number of benzene rings is 2. The number of nitrogens with one attached hydrogen (secondary N) is 3. The molecule has 4 fully saturated rings. The Bertz CT molecular complexity index is 1330. The van der Waals surface area contributed by atoms with Crippen LogP contribution in [0.4, 0.5) is 8.78 Å². The van der Waals surface area contributed by atoms with Crippen molar-refractivity contribution < 1.29 is 8.78 Å². The number of hydrogen-bond donors (Lipinski definition) is 3.